The topological polar surface area (TPSA) is 51.0 Å². The lowest BCUT2D eigenvalue weighted by Crippen LogP contribution is -2.25. The van der Waals surface area contributed by atoms with Gasteiger partial charge in [0.1, 0.15) is 0 Å². The Kier molecular flexibility index (Phi) is 4.91. The molecule has 2 aromatic heterocycles. The quantitative estimate of drug-likeness (QED) is 0.510. The molecular formula is C21H19N3OS. The van der Waals surface area contributed by atoms with Crippen LogP contribution in [0.15, 0.2) is 82.6 Å². The van der Waals surface area contributed by atoms with E-state index >= 15 is 0 Å². The molecule has 0 saturated heterocycles. The smallest absolute Gasteiger partial charge is 0.257 e. The molecule has 2 aromatic carbocycles. The number of benzene rings is 2. The first-order valence-corrected chi connectivity index (χ1v) is 9.42. The Morgan fingerprint density at radius 2 is 1.50 bits per heavy atom. The number of nitrogens with zero attached hydrogens (tertiary/aromatic N) is 2. The highest BCUT2D eigenvalue weighted by Crippen LogP contribution is 2.28. The van der Waals surface area contributed by atoms with Crippen molar-refractivity contribution in [1.29, 1.82) is 0 Å². The third-order valence-corrected chi connectivity index (χ3v) is 5.08. The fraction of sp³-hybridized carbons (Fsp3) is 0.143. The van der Waals surface area contributed by atoms with Gasteiger partial charge in [-0.1, -0.05) is 66.7 Å². The predicted octanol–water partition coefficient (Wildman–Crippen LogP) is 5.24. The van der Waals surface area contributed by atoms with Crippen LogP contribution < -0.4 is 5.32 Å². The minimum Gasteiger partial charge on any atom is -0.418 e. The maximum Gasteiger partial charge on any atom is 0.257 e. The maximum atomic E-state index is 5.89. The highest BCUT2D eigenvalue weighted by atomic mass is 32.1. The summed E-state index contributed by atoms with van der Waals surface area (Å²) in [4.78, 5) is 0.985. The molecule has 0 radical (unpaired) electrons. The van der Waals surface area contributed by atoms with Crippen LogP contribution in [-0.2, 0) is 0 Å². The van der Waals surface area contributed by atoms with Crippen LogP contribution >= 0.6 is 11.3 Å². The molecule has 0 aliphatic carbocycles. The third kappa shape index (κ3) is 3.59. The molecule has 0 spiro atoms. The molecule has 26 heavy (non-hydrogen) atoms. The van der Waals surface area contributed by atoms with Gasteiger partial charge in [0.15, 0.2) is 0 Å². The van der Waals surface area contributed by atoms with Gasteiger partial charge in [-0.15, -0.1) is 21.5 Å². The minimum absolute atomic E-state index is 0.0458. The molecule has 5 heteroatoms. The van der Waals surface area contributed by atoms with Crippen LogP contribution in [0, 0.1) is 0 Å². The van der Waals surface area contributed by atoms with Crippen molar-refractivity contribution in [1.82, 2.24) is 15.5 Å². The Morgan fingerprint density at radius 1 is 0.846 bits per heavy atom. The van der Waals surface area contributed by atoms with Crippen molar-refractivity contribution in [3.8, 4) is 10.8 Å². The van der Waals surface area contributed by atoms with Crippen molar-refractivity contribution in [3.63, 3.8) is 0 Å². The molecule has 0 saturated carbocycles. The molecule has 2 heterocycles. The second kappa shape index (κ2) is 7.64. The second-order valence-corrected chi connectivity index (χ2v) is 7.01. The van der Waals surface area contributed by atoms with Crippen molar-refractivity contribution < 1.29 is 4.42 Å². The van der Waals surface area contributed by atoms with E-state index in [9.17, 15) is 0 Å². The number of nitrogens with one attached hydrogen (secondary N) is 1. The average Bonchev–Trinajstić information content (AvgIpc) is 3.39. The summed E-state index contributed by atoms with van der Waals surface area (Å²) in [6.45, 7) is 2.05. The summed E-state index contributed by atoms with van der Waals surface area (Å²) in [5.41, 5.74) is 2.40. The second-order valence-electron chi connectivity index (χ2n) is 6.07. The van der Waals surface area contributed by atoms with E-state index in [-0.39, 0.29) is 12.1 Å². The van der Waals surface area contributed by atoms with Crippen LogP contribution in [0.5, 0.6) is 0 Å². The van der Waals surface area contributed by atoms with Crippen molar-refractivity contribution in [3.05, 3.63) is 95.2 Å². The number of thiophene rings is 1. The Balaban J connectivity index is 1.60. The van der Waals surface area contributed by atoms with Gasteiger partial charge in [-0.25, -0.2) is 0 Å². The first kappa shape index (κ1) is 16.7. The van der Waals surface area contributed by atoms with E-state index < -0.39 is 0 Å². The number of hydrogen-bond donors (Lipinski definition) is 1. The Labute approximate surface area is 156 Å². The molecule has 4 aromatic rings. The molecule has 4 nitrogen and oxygen atoms in total. The lowest BCUT2D eigenvalue weighted by atomic mass is 9.98. The Hall–Kier alpha value is -2.76. The van der Waals surface area contributed by atoms with E-state index in [1.54, 1.807) is 11.3 Å². The van der Waals surface area contributed by atoms with Crippen LogP contribution in [0.1, 0.15) is 36.0 Å². The van der Waals surface area contributed by atoms with Crippen LogP contribution in [0.25, 0.3) is 10.8 Å². The fourth-order valence-corrected chi connectivity index (χ4v) is 3.55. The molecule has 130 valence electrons. The van der Waals surface area contributed by atoms with Crippen LogP contribution in [0.4, 0.5) is 0 Å². The zero-order valence-electron chi connectivity index (χ0n) is 14.4. The average molecular weight is 361 g/mol. The first-order valence-electron chi connectivity index (χ1n) is 8.54. The summed E-state index contributed by atoms with van der Waals surface area (Å²) < 4.78 is 5.89. The molecule has 0 bridgehead atoms. The van der Waals surface area contributed by atoms with E-state index in [1.165, 1.54) is 11.1 Å². The Morgan fingerprint density at radius 3 is 2.08 bits per heavy atom. The molecule has 1 N–H and O–H groups in total. The monoisotopic (exact) mass is 361 g/mol. The zero-order valence-corrected chi connectivity index (χ0v) is 15.2. The highest BCUT2D eigenvalue weighted by molar-refractivity contribution is 7.13. The molecular weight excluding hydrogens is 342 g/mol. The number of rotatable bonds is 6. The van der Waals surface area contributed by atoms with Gasteiger partial charge in [0, 0.05) is 0 Å². The van der Waals surface area contributed by atoms with E-state index in [0.717, 1.165) is 4.88 Å². The van der Waals surface area contributed by atoms with Crippen molar-refractivity contribution in [2.24, 2.45) is 0 Å². The summed E-state index contributed by atoms with van der Waals surface area (Å²) in [6, 6.07) is 24.7. The van der Waals surface area contributed by atoms with Crippen molar-refractivity contribution >= 4 is 11.3 Å². The van der Waals surface area contributed by atoms with Crippen molar-refractivity contribution in [2.75, 3.05) is 0 Å². The van der Waals surface area contributed by atoms with Gasteiger partial charge >= 0.3 is 0 Å². The standard InChI is InChI=1S/C21H19N3OS/c1-15(20-23-24-21(25-20)18-13-8-14-26-18)22-19(16-9-4-2-5-10-16)17-11-6-3-7-12-17/h2-15,19,22H,1H3/t15-/m0/s1. The Bertz CT molecular complexity index is 896. The lowest BCUT2D eigenvalue weighted by Gasteiger charge is -2.22. The van der Waals surface area contributed by atoms with Crippen LogP contribution in [0.3, 0.4) is 0 Å². The van der Waals surface area contributed by atoms with E-state index in [4.69, 9.17) is 4.42 Å². The van der Waals surface area contributed by atoms with E-state index in [2.05, 4.69) is 64.0 Å². The van der Waals surface area contributed by atoms with Gasteiger partial charge in [0.05, 0.1) is 17.0 Å². The van der Waals surface area contributed by atoms with Crippen LogP contribution in [-0.4, -0.2) is 10.2 Å². The van der Waals surface area contributed by atoms with Gasteiger partial charge in [0.2, 0.25) is 5.89 Å². The SMILES string of the molecule is C[C@H](NC(c1ccccc1)c1ccccc1)c1nnc(-c2cccs2)o1. The summed E-state index contributed by atoms with van der Waals surface area (Å²) in [7, 11) is 0. The molecule has 0 amide bonds. The van der Waals surface area contributed by atoms with Gasteiger partial charge in [-0.3, -0.25) is 5.32 Å². The van der Waals surface area contributed by atoms with E-state index in [0.29, 0.717) is 11.8 Å². The number of hydrogen-bond acceptors (Lipinski definition) is 5. The van der Waals surface area contributed by atoms with Gasteiger partial charge < -0.3 is 4.42 Å². The zero-order chi connectivity index (χ0) is 17.8. The summed E-state index contributed by atoms with van der Waals surface area (Å²) in [5.74, 6) is 1.16. The van der Waals surface area contributed by atoms with E-state index in [1.807, 2.05) is 36.6 Å². The molecule has 1 atom stereocenters. The third-order valence-electron chi connectivity index (χ3n) is 4.23. The molecule has 0 aliphatic heterocycles. The van der Waals surface area contributed by atoms with Crippen molar-refractivity contribution in [2.45, 2.75) is 19.0 Å². The molecule has 4 rings (SSSR count). The van der Waals surface area contributed by atoms with Crippen LogP contribution in [0.2, 0.25) is 0 Å². The van der Waals surface area contributed by atoms with Gasteiger partial charge in [-0.05, 0) is 29.5 Å². The first-order chi connectivity index (χ1) is 12.8. The maximum absolute atomic E-state index is 5.89. The normalized spacial score (nSPS) is 12.4. The molecule has 0 aliphatic rings. The summed E-state index contributed by atoms with van der Waals surface area (Å²) >= 11 is 1.59. The van der Waals surface area contributed by atoms with Gasteiger partial charge in [-0.2, -0.15) is 0 Å². The fourth-order valence-electron chi connectivity index (χ4n) is 2.91. The highest BCUT2D eigenvalue weighted by Gasteiger charge is 2.21. The minimum atomic E-state index is -0.0818. The summed E-state index contributed by atoms with van der Waals surface area (Å²) in [5, 5.41) is 14.1. The summed E-state index contributed by atoms with van der Waals surface area (Å²) in [6.07, 6.45) is 0. The molecule has 0 fully saturated rings. The number of aromatic nitrogens is 2. The lowest BCUT2D eigenvalue weighted by molar-refractivity contribution is 0.403. The molecule has 0 unspecified atom stereocenters. The van der Waals surface area contributed by atoms with Gasteiger partial charge in [0.25, 0.3) is 5.89 Å². The largest absolute Gasteiger partial charge is 0.418 e. The predicted molar refractivity (Wildman–Crippen MR) is 104 cm³/mol.